The molecular formula is C14H16N2O6. The number of imide groups is 2. The van der Waals surface area contributed by atoms with Gasteiger partial charge in [-0.3, -0.25) is 34.2 Å². The first-order valence-electron chi connectivity index (χ1n) is 6.97. The fraction of sp³-hybridized carbons (Fsp3) is 0.500. The van der Waals surface area contributed by atoms with E-state index >= 15 is 0 Å². The predicted molar refractivity (Wildman–Crippen MR) is 72.0 cm³/mol. The Bertz CT molecular complexity index is 578. The molecule has 2 heterocycles. The van der Waals surface area contributed by atoms with Crippen molar-refractivity contribution in [3.8, 4) is 0 Å². The zero-order valence-electron chi connectivity index (χ0n) is 12.0. The SMILES string of the molecule is CCCCC(C(=O)C1(O)CC(=O)NC1=O)N1C(=O)C=CC1=O. The molecule has 0 spiro atoms. The van der Waals surface area contributed by atoms with Crippen LogP contribution < -0.4 is 5.32 Å². The van der Waals surface area contributed by atoms with Crippen LogP contribution >= 0.6 is 0 Å². The molecule has 2 atom stereocenters. The summed E-state index contributed by atoms with van der Waals surface area (Å²) >= 11 is 0. The van der Waals surface area contributed by atoms with Gasteiger partial charge in [0.15, 0.2) is 5.78 Å². The molecule has 8 heteroatoms. The molecule has 2 aliphatic heterocycles. The first-order valence-corrected chi connectivity index (χ1v) is 6.97. The minimum absolute atomic E-state index is 0.123. The molecule has 0 aromatic heterocycles. The Hall–Kier alpha value is -2.35. The van der Waals surface area contributed by atoms with Crippen molar-refractivity contribution in [2.45, 2.75) is 44.2 Å². The number of rotatable bonds is 6. The highest BCUT2D eigenvalue weighted by molar-refractivity contribution is 6.23. The van der Waals surface area contributed by atoms with Crippen molar-refractivity contribution in [2.75, 3.05) is 0 Å². The van der Waals surface area contributed by atoms with E-state index in [1.165, 1.54) is 0 Å². The van der Waals surface area contributed by atoms with Gasteiger partial charge in [0, 0.05) is 12.2 Å². The molecule has 2 aliphatic rings. The second-order valence-electron chi connectivity index (χ2n) is 5.32. The third kappa shape index (κ3) is 2.57. The standard InChI is InChI=1S/C14H16N2O6/c1-2-3-4-8(16-10(18)5-6-11(16)19)12(20)14(22)7-9(17)15-13(14)21/h5-6,8,22H,2-4,7H2,1H3,(H,15,17,21). The summed E-state index contributed by atoms with van der Waals surface area (Å²) in [5.41, 5.74) is -2.53. The molecule has 2 unspecified atom stereocenters. The number of carbonyl (C=O) groups excluding carboxylic acids is 5. The largest absolute Gasteiger partial charge is 0.373 e. The summed E-state index contributed by atoms with van der Waals surface area (Å²) in [7, 11) is 0. The lowest BCUT2D eigenvalue weighted by Crippen LogP contribution is -2.56. The molecule has 118 valence electrons. The van der Waals surface area contributed by atoms with E-state index in [2.05, 4.69) is 0 Å². The first-order chi connectivity index (χ1) is 10.3. The van der Waals surface area contributed by atoms with E-state index in [0.29, 0.717) is 12.8 Å². The van der Waals surface area contributed by atoms with Crippen LogP contribution in [0.25, 0.3) is 0 Å². The quantitative estimate of drug-likeness (QED) is 0.470. The summed E-state index contributed by atoms with van der Waals surface area (Å²) in [6, 6.07) is -1.27. The van der Waals surface area contributed by atoms with E-state index < -0.39 is 47.5 Å². The summed E-state index contributed by atoms with van der Waals surface area (Å²) in [6.45, 7) is 1.86. The summed E-state index contributed by atoms with van der Waals surface area (Å²) in [6.07, 6.45) is 2.68. The zero-order chi connectivity index (χ0) is 16.5. The molecule has 0 saturated carbocycles. The fourth-order valence-electron chi connectivity index (χ4n) is 2.56. The van der Waals surface area contributed by atoms with Crippen molar-refractivity contribution in [1.29, 1.82) is 0 Å². The van der Waals surface area contributed by atoms with Crippen molar-refractivity contribution in [3.63, 3.8) is 0 Å². The molecule has 1 saturated heterocycles. The van der Waals surface area contributed by atoms with E-state index in [9.17, 15) is 29.1 Å². The average Bonchev–Trinajstić information content (AvgIpc) is 2.92. The Morgan fingerprint density at radius 1 is 1.32 bits per heavy atom. The highest BCUT2D eigenvalue weighted by atomic mass is 16.3. The number of aliphatic hydroxyl groups is 1. The lowest BCUT2D eigenvalue weighted by atomic mass is 9.88. The van der Waals surface area contributed by atoms with Gasteiger partial charge in [-0.15, -0.1) is 0 Å². The fourth-order valence-corrected chi connectivity index (χ4v) is 2.56. The van der Waals surface area contributed by atoms with E-state index in [1.54, 1.807) is 0 Å². The van der Waals surface area contributed by atoms with Crippen LogP contribution in [0.4, 0.5) is 0 Å². The topological polar surface area (TPSA) is 121 Å². The van der Waals surface area contributed by atoms with Gasteiger partial charge >= 0.3 is 0 Å². The molecule has 8 nitrogen and oxygen atoms in total. The van der Waals surface area contributed by atoms with Crippen LogP contribution in [0, 0.1) is 0 Å². The summed E-state index contributed by atoms with van der Waals surface area (Å²) in [5, 5.41) is 12.1. The molecule has 1 fully saturated rings. The third-order valence-electron chi connectivity index (χ3n) is 3.74. The van der Waals surface area contributed by atoms with E-state index in [-0.39, 0.29) is 6.42 Å². The molecule has 0 radical (unpaired) electrons. The Morgan fingerprint density at radius 2 is 1.91 bits per heavy atom. The maximum absolute atomic E-state index is 12.6. The number of unbranched alkanes of at least 4 members (excludes halogenated alkanes) is 1. The van der Waals surface area contributed by atoms with Gasteiger partial charge in [-0.05, 0) is 6.42 Å². The van der Waals surface area contributed by atoms with Crippen LogP contribution in [0.1, 0.15) is 32.6 Å². The van der Waals surface area contributed by atoms with Crippen molar-refractivity contribution < 1.29 is 29.1 Å². The molecule has 0 bridgehead atoms. The molecule has 0 aromatic rings. The van der Waals surface area contributed by atoms with Crippen LogP contribution in [0.15, 0.2) is 12.2 Å². The number of nitrogens with one attached hydrogen (secondary N) is 1. The first kappa shape index (κ1) is 16.0. The lowest BCUT2D eigenvalue weighted by Gasteiger charge is -2.29. The molecular weight excluding hydrogens is 292 g/mol. The number of Topliss-reactive ketones (excluding diaryl/α,β-unsaturated/α-hetero) is 1. The average molecular weight is 308 g/mol. The van der Waals surface area contributed by atoms with Crippen molar-refractivity contribution >= 4 is 29.4 Å². The number of ketones is 1. The summed E-state index contributed by atoms with van der Waals surface area (Å²) < 4.78 is 0. The lowest BCUT2D eigenvalue weighted by molar-refractivity contribution is -0.157. The molecule has 2 rings (SSSR count). The van der Waals surface area contributed by atoms with E-state index in [4.69, 9.17) is 0 Å². The normalized spacial score (nSPS) is 25.8. The summed E-state index contributed by atoms with van der Waals surface area (Å²) in [5.74, 6) is -4.24. The number of hydrogen-bond acceptors (Lipinski definition) is 6. The van der Waals surface area contributed by atoms with Crippen LogP contribution in [-0.2, 0) is 24.0 Å². The molecule has 22 heavy (non-hydrogen) atoms. The number of amides is 4. The second-order valence-corrected chi connectivity index (χ2v) is 5.32. The monoisotopic (exact) mass is 308 g/mol. The van der Waals surface area contributed by atoms with Gasteiger partial charge in [0.1, 0.15) is 6.04 Å². The van der Waals surface area contributed by atoms with Crippen LogP contribution in [0.3, 0.4) is 0 Å². The zero-order valence-corrected chi connectivity index (χ0v) is 12.0. The minimum Gasteiger partial charge on any atom is -0.373 e. The highest BCUT2D eigenvalue weighted by Gasteiger charge is 2.55. The van der Waals surface area contributed by atoms with Gasteiger partial charge in [0.05, 0.1) is 6.42 Å². The van der Waals surface area contributed by atoms with Gasteiger partial charge in [0.25, 0.3) is 17.7 Å². The molecule has 2 N–H and O–H groups in total. The van der Waals surface area contributed by atoms with E-state index in [1.807, 2.05) is 12.2 Å². The minimum atomic E-state index is -2.53. The molecule has 0 aromatic carbocycles. The van der Waals surface area contributed by atoms with Crippen molar-refractivity contribution in [1.82, 2.24) is 10.2 Å². The predicted octanol–water partition coefficient (Wildman–Crippen LogP) is -1.18. The van der Waals surface area contributed by atoms with Crippen molar-refractivity contribution in [2.24, 2.45) is 0 Å². The van der Waals surface area contributed by atoms with Crippen LogP contribution in [0.5, 0.6) is 0 Å². The van der Waals surface area contributed by atoms with Crippen molar-refractivity contribution in [3.05, 3.63) is 12.2 Å². The summed E-state index contributed by atoms with van der Waals surface area (Å²) in [4.78, 5) is 59.8. The van der Waals surface area contributed by atoms with Gasteiger partial charge in [0.2, 0.25) is 11.5 Å². The Morgan fingerprint density at radius 3 is 2.36 bits per heavy atom. The Labute approximate surface area is 126 Å². The van der Waals surface area contributed by atoms with Crippen LogP contribution in [-0.4, -0.2) is 51.1 Å². The number of hydrogen-bond donors (Lipinski definition) is 2. The Balaban J connectivity index is 2.31. The van der Waals surface area contributed by atoms with Gasteiger partial charge in [-0.1, -0.05) is 19.8 Å². The molecule has 0 aliphatic carbocycles. The van der Waals surface area contributed by atoms with Gasteiger partial charge in [-0.2, -0.15) is 0 Å². The maximum atomic E-state index is 12.6. The van der Waals surface area contributed by atoms with Crippen LogP contribution in [0.2, 0.25) is 0 Å². The second kappa shape index (κ2) is 5.80. The van der Waals surface area contributed by atoms with E-state index in [0.717, 1.165) is 17.1 Å². The molecule has 4 amide bonds. The highest BCUT2D eigenvalue weighted by Crippen LogP contribution is 2.26. The number of carbonyl (C=O) groups is 5. The third-order valence-corrected chi connectivity index (χ3v) is 3.74. The van der Waals surface area contributed by atoms with Gasteiger partial charge in [-0.25, -0.2) is 0 Å². The Kier molecular flexibility index (Phi) is 4.23. The number of nitrogens with zero attached hydrogens (tertiary/aromatic N) is 1. The smallest absolute Gasteiger partial charge is 0.266 e. The maximum Gasteiger partial charge on any atom is 0.266 e. The van der Waals surface area contributed by atoms with Gasteiger partial charge < -0.3 is 5.11 Å².